The van der Waals surface area contributed by atoms with Crippen molar-refractivity contribution in [1.82, 2.24) is 14.8 Å². The maximum absolute atomic E-state index is 14.0. The molecule has 7 nitrogen and oxygen atoms in total. The van der Waals surface area contributed by atoms with Crippen molar-refractivity contribution in [2.75, 3.05) is 20.2 Å². The average Bonchev–Trinajstić information content (AvgIpc) is 3.41. The van der Waals surface area contributed by atoms with Crippen LogP contribution in [0.3, 0.4) is 0 Å². The second-order valence-corrected chi connectivity index (χ2v) is 6.47. The van der Waals surface area contributed by atoms with Crippen LogP contribution in [-0.2, 0) is 16.0 Å². The van der Waals surface area contributed by atoms with Gasteiger partial charge in [-0.05, 0) is 29.3 Å². The van der Waals surface area contributed by atoms with Crippen LogP contribution in [0.5, 0.6) is 11.5 Å². The lowest BCUT2D eigenvalue weighted by Crippen LogP contribution is -2.62. The van der Waals surface area contributed by atoms with E-state index in [-0.39, 0.29) is 26.3 Å². The van der Waals surface area contributed by atoms with Gasteiger partial charge in [-0.15, -0.1) is 0 Å². The molecule has 1 aromatic heterocycles. The molecule has 0 spiro atoms. The number of aromatic nitrogens is 1. The van der Waals surface area contributed by atoms with Crippen LogP contribution >= 0.6 is 0 Å². The van der Waals surface area contributed by atoms with Gasteiger partial charge in [-0.3, -0.25) is 9.59 Å². The standard InChI is InChI=1S/C22H19N3O4/c1-24-10-19(26)25-16(22(24)27)9-14-13-4-2-3-5-15(13)23-20(14)21(25)12-6-7-17-18(8-12)29-11-28-17/h2-8,16,21,23H,9-11H2,1H3/t16-,21-/m1/s1/i1D3,6D,7D,8D,9D2,10D2,11D2,21D. The van der Waals surface area contributed by atoms with E-state index in [1.807, 2.05) is 0 Å². The highest BCUT2D eigenvalue weighted by molar-refractivity contribution is 5.97. The first-order valence-electron chi connectivity index (χ1n) is 15.0. The van der Waals surface area contributed by atoms with Gasteiger partial charge in [-0.1, -0.05) is 24.2 Å². The first-order chi connectivity index (χ1) is 19.2. The number of rotatable bonds is 1. The summed E-state index contributed by atoms with van der Waals surface area (Å²) in [5, 5.41) is 0.115. The maximum atomic E-state index is 14.0. The molecule has 2 atom stereocenters. The minimum Gasteiger partial charge on any atom is -0.454 e. The monoisotopic (exact) mass is 402 g/mol. The van der Waals surface area contributed by atoms with E-state index in [2.05, 4.69) is 4.98 Å². The molecule has 6 rings (SSSR count). The Bertz CT molecular complexity index is 1740. The second-order valence-electron chi connectivity index (χ2n) is 6.47. The van der Waals surface area contributed by atoms with E-state index in [0.717, 1.165) is 0 Å². The Labute approximate surface area is 185 Å². The molecule has 3 aromatic rings. The fourth-order valence-electron chi connectivity index (χ4n) is 3.63. The molecule has 146 valence electrons. The predicted molar refractivity (Wildman–Crippen MR) is 105 cm³/mol. The van der Waals surface area contributed by atoms with Gasteiger partial charge in [-0.25, -0.2) is 0 Å². The van der Waals surface area contributed by atoms with Gasteiger partial charge in [-0.2, -0.15) is 0 Å². The van der Waals surface area contributed by atoms with E-state index in [9.17, 15) is 11.0 Å². The third-order valence-electron chi connectivity index (χ3n) is 4.87. The van der Waals surface area contributed by atoms with E-state index in [1.165, 1.54) is 18.2 Å². The first kappa shape index (κ1) is 8.10. The van der Waals surface area contributed by atoms with Crippen LogP contribution in [0.1, 0.15) is 40.7 Å². The number of fused-ring (bicyclic) bond motifs is 5. The van der Waals surface area contributed by atoms with Gasteiger partial charge in [0.1, 0.15) is 8.78 Å². The molecule has 3 aliphatic heterocycles. The van der Waals surface area contributed by atoms with E-state index < -0.39 is 91.3 Å². The molecule has 1 saturated heterocycles. The Balaban J connectivity index is 1.77. The van der Waals surface area contributed by atoms with Gasteiger partial charge in [0.25, 0.3) is 0 Å². The topological polar surface area (TPSA) is 74.9 Å². The van der Waals surface area contributed by atoms with Crippen molar-refractivity contribution in [1.29, 1.82) is 0 Å². The van der Waals surface area contributed by atoms with Crippen LogP contribution in [0.15, 0.2) is 42.4 Å². The highest BCUT2D eigenvalue weighted by Crippen LogP contribution is 2.44. The quantitative estimate of drug-likeness (QED) is 0.677. The molecule has 2 aromatic carbocycles. The van der Waals surface area contributed by atoms with Crippen molar-refractivity contribution < 1.29 is 36.9 Å². The molecular formula is C22H19N3O4. The molecule has 0 radical (unpaired) electrons. The number of likely N-dealkylation sites (N-methyl/N-ethyl adjacent to an activating group) is 1. The molecule has 0 saturated carbocycles. The maximum Gasteiger partial charge on any atom is 0.245 e. The summed E-state index contributed by atoms with van der Waals surface area (Å²) in [5.74, 6) is -4.89. The van der Waals surface area contributed by atoms with Crippen molar-refractivity contribution in [2.24, 2.45) is 0 Å². The lowest BCUT2D eigenvalue weighted by Gasteiger charge is -2.46. The Morgan fingerprint density at radius 1 is 1.28 bits per heavy atom. The van der Waals surface area contributed by atoms with Gasteiger partial charge in [0.05, 0.1) is 20.7 Å². The third-order valence-corrected chi connectivity index (χ3v) is 4.87. The molecule has 29 heavy (non-hydrogen) atoms. The number of H-pyrrole nitrogens is 1. The normalized spacial score (nSPS) is 37.5. The van der Waals surface area contributed by atoms with E-state index in [0.29, 0.717) is 0 Å². The second kappa shape index (κ2) is 5.76. The van der Waals surface area contributed by atoms with Gasteiger partial charge >= 0.3 is 0 Å². The fourth-order valence-corrected chi connectivity index (χ4v) is 3.63. The Kier molecular flexibility index (Phi) is 1.61. The van der Waals surface area contributed by atoms with Gasteiger partial charge in [0, 0.05) is 36.8 Å². The lowest BCUT2D eigenvalue weighted by atomic mass is 9.86. The van der Waals surface area contributed by atoms with Crippen molar-refractivity contribution in [2.45, 2.75) is 18.4 Å². The third kappa shape index (κ3) is 2.24. The molecule has 0 bridgehead atoms. The number of piperazine rings is 1. The highest BCUT2D eigenvalue weighted by atomic mass is 16.7. The smallest absolute Gasteiger partial charge is 0.245 e. The highest BCUT2D eigenvalue weighted by Gasteiger charge is 2.47. The summed E-state index contributed by atoms with van der Waals surface area (Å²) in [7, 11) is 0. The molecule has 2 amide bonds. The van der Waals surface area contributed by atoms with Crippen LogP contribution in [0.4, 0.5) is 0 Å². The average molecular weight is 402 g/mol. The SMILES string of the molecule is [2H]c1c([2H])c([C@]2([2H])c3[nH]c4ccccc4c3C([2H])([2H])[C@@H]3C(=O)N(C([2H])([2H])[2H])C([2H])([2H])C(=O)N32)c([2H])c2c1OC([2H])([2H])O2. The van der Waals surface area contributed by atoms with Crippen LogP contribution in [0, 0.1) is 0 Å². The first-order valence-corrected chi connectivity index (χ1v) is 8.51. The number of hydrogen-bond acceptors (Lipinski definition) is 4. The Morgan fingerprint density at radius 3 is 3.03 bits per heavy atom. The molecule has 1 fully saturated rings. The number of amides is 2. The number of aromatic amines is 1. The van der Waals surface area contributed by atoms with Gasteiger partial charge in [0.2, 0.25) is 18.6 Å². The molecule has 0 unspecified atom stereocenters. The fraction of sp³-hybridized carbons (Fsp3) is 0.273. The van der Waals surface area contributed by atoms with Crippen LogP contribution in [0.25, 0.3) is 10.9 Å². The van der Waals surface area contributed by atoms with E-state index in [1.54, 1.807) is 6.07 Å². The summed E-state index contributed by atoms with van der Waals surface area (Å²) >= 11 is 0. The zero-order valence-electron chi connectivity index (χ0n) is 27.4. The molecule has 7 heteroatoms. The summed E-state index contributed by atoms with van der Waals surface area (Å²) in [6.07, 6.45) is -2.95. The number of para-hydroxylation sites is 1. The van der Waals surface area contributed by atoms with Crippen LogP contribution in [-0.4, -0.2) is 52.9 Å². The van der Waals surface area contributed by atoms with Gasteiger partial charge < -0.3 is 24.3 Å². The summed E-state index contributed by atoms with van der Waals surface area (Å²) in [5.41, 5.74) is -1.55. The van der Waals surface area contributed by atoms with Gasteiger partial charge in [0.15, 0.2) is 11.5 Å². The molecule has 4 heterocycles. The Morgan fingerprint density at radius 2 is 2.14 bits per heavy atom. The number of nitrogens with zero attached hydrogens (tertiary/aromatic N) is 2. The van der Waals surface area contributed by atoms with E-state index in [4.69, 9.17) is 25.9 Å². The number of benzene rings is 2. The van der Waals surface area contributed by atoms with Crippen molar-refractivity contribution >= 4 is 22.7 Å². The largest absolute Gasteiger partial charge is 0.454 e. The van der Waals surface area contributed by atoms with E-state index >= 15 is 0 Å². The van der Waals surface area contributed by atoms with Crippen molar-refractivity contribution in [3.63, 3.8) is 0 Å². The van der Waals surface area contributed by atoms with Crippen LogP contribution < -0.4 is 9.47 Å². The lowest BCUT2D eigenvalue weighted by molar-refractivity contribution is -0.157. The van der Waals surface area contributed by atoms with Crippen molar-refractivity contribution in [3.05, 3.63) is 59.2 Å². The number of carbonyl (C=O) groups is 2. The number of carbonyl (C=O) groups excluding carboxylic acids is 2. The number of nitrogens with one attached hydrogen (secondary N) is 1. The summed E-state index contributed by atoms with van der Waals surface area (Å²) in [4.78, 5) is 30.4. The summed E-state index contributed by atoms with van der Waals surface area (Å²) < 4.78 is 119. The number of hydrogen-bond donors (Lipinski definition) is 1. The minimum atomic E-state index is -3.65. The predicted octanol–water partition coefficient (Wildman–Crippen LogP) is 2.21. The minimum absolute atomic E-state index is 0.115. The molecule has 3 aliphatic rings. The van der Waals surface area contributed by atoms with Crippen molar-refractivity contribution in [3.8, 4) is 11.5 Å². The zero-order chi connectivity index (χ0) is 31.1. The van der Waals surface area contributed by atoms with Crippen LogP contribution in [0.2, 0.25) is 0 Å². The summed E-state index contributed by atoms with van der Waals surface area (Å²) in [6.45, 7) is -10.1. The molecule has 0 aliphatic carbocycles. The molecule has 1 N–H and O–H groups in total. The molecular weight excluding hydrogens is 370 g/mol. The Hall–Kier alpha value is -3.48. The number of ether oxygens (including phenoxy) is 2. The summed E-state index contributed by atoms with van der Waals surface area (Å²) in [6, 6.07) is -2.29. The zero-order valence-corrected chi connectivity index (χ0v) is 14.4.